The molecule has 0 aliphatic carbocycles. The van der Waals surface area contributed by atoms with E-state index in [0.717, 1.165) is 24.0 Å². The van der Waals surface area contributed by atoms with E-state index in [9.17, 15) is 4.79 Å². The monoisotopic (exact) mass is 306 g/mol. The molecule has 0 aliphatic heterocycles. The summed E-state index contributed by atoms with van der Waals surface area (Å²) >= 11 is 0. The first kappa shape index (κ1) is 17.8. The number of rotatable bonds is 6. The van der Waals surface area contributed by atoms with Crippen LogP contribution in [0.1, 0.15) is 37.8 Å². The van der Waals surface area contributed by atoms with Crippen LogP contribution in [0.5, 0.6) is 5.75 Å². The van der Waals surface area contributed by atoms with Crippen LogP contribution in [0.15, 0.2) is 12.1 Å². The van der Waals surface area contributed by atoms with E-state index in [2.05, 4.69) is 5.32 Å². The fourth-order valence-electron chi connectivity index (χ4n) is 2.17. The van der Waals surface area contributed by atoms with Crippen molar-refractivity contribution < 1.29 is 9.53 Å². The highest BCUT2D eigenvalue weighted by Gasteiger charge is 2.23. The molecule has 0 fully saturated rings. The number of aryl methyl sites for hydroxylation is 1. The van der Waals surface area contributed by atoms with Gasteiger partial charge in [0.25, 0.3) is 0 Å². The number of amides is 2. The first-order valence-corrected chi connectivity index (χ1v) is 7.58. The zero-order valence-corrected chi connectivity index (χ0v) is 13.8. The second-order valence-corrected chi connectivity index (χ2v) is 5.16. The molecule has 0 atom stereocenters. The Morgan fingerprint density at radius 3 is 2.55 bits per heavy atom. The van der Waals surface area contributed by atoms with Crippen LogP contribution in [0.2, 0.25) is 0 Å². The average Bonchev–Trinajstić information content (AvgIpc) is 2.47. The molecule has 1 rings (SSSR count). The van der Waals surface area contributed by atoms with Gasteiger partial charge in [-0.1, -0.05) is 19.9 Å². The zero-order chi connectivity index (χ0) is 16.7. The first-order valence-electron chi connectivity index (χ1n) is 7.58. The Morgan fingerprint density at radius 1 is 1.32 bits per heavy atom. The maximum absolute atomic E-state index is 12.3. The number of urea groups is 1. The highest BCUT2D eigenvalue weighted by atomic mass is 16.5. The summed E-state index contributed by atoms with van der Waals surface area (Å²) in [5.41, 5.74) is 7.91. The second kappa shape index (κ2) is 8.26. The minimum Gasteiger partial charge on any atom is -0.493 e. The highest BCUT2D eigenvalue weighted by Crippen LogP contribution is 2.32. The summed E-state index contributed by atoms with van der Waals surface area (Å²) in [5.74, 6) is 0.393. The van der Waals surface area contributed by atoms with E-state index in [1.54, 1.807) is 0 Å². The minimum absolute atomic E-state index is 0.313. The van der Waals surface area contributed by atoms with Crippen molar-refractivity contribution in [1.82, 2.24) is 5.32 Å². The van der Waals surface area contributed by atoms with Gasteiger partial charge in [-0.2, -0.15) is 0 Å². The lowest BCUT2D eigenvalue weighted by Gasteiger charge is -2.26. The van der Waals surface area contributed by atoms with E-state index in [1.165, 1.54) is 4.90 Å². The summed E-state index contributed by atoms with van der Waals surface area (Å²) in [6.45, 7) is 8.89. The molecule has 122 valence electrons. The molecule has 0 saturated heterocycles. The molecule has 0 radical (unpaired) electrons. The van der Waals surface area contributed by atoms with Gasteiger partial charge < -0.3 is 15.8 Å². The molecule has 1 aromatic carbocycles. The van der Waals surface area contributed by atoms with Gasteiger partial charge in [-0.25, -0.2) is 9.69 Å². The van der Waals surface area contributed by atoms with Gasteiger partial charge in [0.15, 0.2) is 0 Å². The molecular weight excluding hydrogens is 280 g/mol. The van der Waals surface area contributed by atoms with E-state index >= 15 is 0 Å². The van der Waals surface area contributed by atoms with Crippen molar-refractivity contribution in [2.75, 3.05) is 18.1 Å². The molecule has 0 aromatic heterocycles. The Kier molecular flexibility index (Phi) is 6.69. The molecule has 1 aromatic rings. The van der Waals surface area contributed by atoms with Gasteiger partial charge >= 0.3 is 6.03 Å². The van der Waals surface area contributed by atoms with Crippen molar-refractivity contribution in [1.29, 1.82) is 5.41 Å². The van der Waals surface area contributed by atoms with Crippen molar-refractivity contribution in [3.8, 4) is 5.75 Å². The normalized spacial score (nSPS) is 10.2. The highest BCUT2D eigenvalue weighted by molar-refractivity contribution is 6.15. The molecule has 2 amide bonds. The predicted octanol–water partition coefficient (Wildman–Crippen LogP) is 2.91. The van der Waals surface area contributed by atoms with Crippen molar-refractivity contribution in [3.63, 3.8) is 0 Å². The summed E-state index contributed by atoms with van der Waals surface area (Å²) < 4.78 is 5.70. The molecule has 0 heterocycles. The number of benzene rings is 1. The topological polar surface area (TPSA) is 91.4 Å². The Hall–Kier alpha value is -2.24. The Morgan fingerprint density at radius 2 is 2.00 bits per heavy atom. The number of ether oxygens (including phenoxy) is 1. The smallest absolute Gasteiger partial charge is 0.328 e. The molecule has 0 aliphatic rings. The van der Waals surface area contributed by atoms with Crippen molar-refractivity contribution in [2.45, 2.75) is 40.5 Å². The third-order valence-electron chi connectivity index (χ3n) is 3.24. The van der Waals surface area contributed by atoms with Crippen LogP contribution in [0.25, 0.3) is 0 Å². The lowest BCUT2D eigenvalue weighted by molar-refractivity contribution is 0.249. The Balaban J connectivity index is 3.23. The van der Waals surface area contributed by atoms with Crippen LogP contribution in [-0.4, -0.2) is 25.1 Å². The van der Waals surface area contributed by atoms with Gasteiger partial charge in [-0.15, -0.1) is 0 Å². The van der Waals surface area contributed by atoms with E-state index in [0.29, 0.717) is 24.6 Å². The number of guanidine groups is 1. The van der Waals surface area contributed by atoms with Gasteiger partial charge in [0.2, 0.25) is 5.96 Å². The fourth-order valence-corrected chi connectivity index (χ4v) is 2.17. The van der Waals surface area contributed by atoms with Crippen molar-refractivity contribution in [2.24, 2.45) is 5.73 Å². The third kappa shape index (κ3) is 4.13. The molecule has 0 spiro atoms. The number of nitrogens with one attached hydrogen (secondary N) is 2. The SMILES string of the molecule is CCCNC(=O)N(C(=N)N)c1c(C)ccc(OCCC)c1C. The zero-order valence-electron chi connectivity index (χ0n) is 13.8. The number of hydrogen-bond donors (Lipinski definition) is 3. The van der Waals surface area contributed by atoms with Crippen LogP contribution in [0, 0.1) is 19.3 Å². The number of nitrogens with zero attached hydrogens (tertiary/aromatic N) is 1. The lowest BCUT2D eigenvalue weighted by Crippen LogP contribution is -2.48. The van der Waals surface area contributed by atoms with Gasteiger partial charge in [-0.3, -0.25) is 5.41 Å². The first-order chi connectivity index (χ1) is 10.4. The molecule has 6 nitrogen and oxygen atoms in total. The van der Waals surface area contributed by atoms with E-state index in [-0.39, 0.29) is 5.96 Å². The van der Waals surface area contributed by atoms with Crippen molar-refractivity contribution in [3.05, 3.63) is 23.3 Å². The molecule has 0 unspecified atom stereocenters. The average molecular weight is 306 g/mol. The summed E-state index contributed by atoms with van der Waals surface area (Å²) in [7, 11) is 0. The van der Waals surface area contributed by atoms with Crippen LogP contribution in [0.3, 0.4) is 0 Å². The Labute approximate surface area is 132 Å². The summed E-state index contributed by atoms with van der Waals surface area (Å²) in [6, 6.07) is 3.36. The molecular formula is C16H26N4O2. The maximum atomic E-state index is 12.3. The summed E-state index contributed by atoms with van der Waals surface area (Å²) in [5, 5.41) is 10.5. The number of carbonyl (C=O) groups excluding carboxylic acids is 1. The number of hydrogen-bond acceptors (Lipinski definition) is 3. The molecule has 6 heteroatoms. The van der Waals surface area contributed by atoms with E-state index in [1.807, 2.05) is 39.8 Å². The Bertz CT molecular complexity index is 543. The molecule has 4 N–H and O–H groups in total. The summed E-state index contributed by atoms with van der Waals surface area (Å²) in [6.07, 6.45) is 1.71. The van der Waals surface area contributed by atoms with E-state index < -0.39 is 6.03 Å². The molecule has 0 bridgehead atoms. The fraction of sp³-hybridized carbons (Fsp3) is 0.500. The largest absolute Gasteiger partial charge is 0.493 e. The van der Waals surface area contributed by atoms with Crippen LogP contribution < -0.4 is 20.7 Å². The minimum atomic E-state index is -0.395. The molecule has 0 saturated carbocycles. The van der Waals surface area contributed by atoms with Crippen molar-refractivity contribution >= 4 is 17.7 Å². The van der Waals surface area contributed by atoms with Gasteiger partial charge in [-0.05, 0) is 38.3 Å². The molecule has 22 heavy (non-hydrogen) atoms. The van der Waals surface area contributed by atoms with Gasteiger partial charge in [0.1, 0.15) is 5.75 Å². The van der Waals surface area contributed by atoms with Gasteiger partial charge in [0.05, 0.1) is 12.3 Å². The maximum Gasteiger partial charge on any atom is 0.328 e. The van der Waals surface area contributed by atoms with Crippen LogP contribution in [0.4, 0.5) is 10.5 Å². The predicted molar refractivity (Wildman–Crippen MR) is 89.8 cm³/mol. The lowest BCUT2D eigenvalue weighted by atomic mass is 10.1. The standard InChI is InChI=1S/C16H26N4O2/c1-5-9-19-16(21)20(15(17)18)14-11(3)7-8-13(12(14)4)22-10-6-2/h7-8H,5-6,9-10H2,1-4H3,(H3,17,18)(H,19,21). The number of anilines is 1. The second-order valence-electron chi connectivity index (χ2n) is 5.16. The number of nitrogens with two attached hydrogens (primary N) is 1. The van der Waals surface area contributed by atoms with Crippen LogP contribution in [-0.2, 0) is 0 Å². The third-order valence-corrected chi connectivity index (χ3v) is 3.24. The quantitative estimate of drug-likeness (QED) is 0.557. The van der Waals surface area contributed by atoms with Crippen LogP contribution >= 0.6 is 0 Å². The van der Waals surface area contributed by atoms with Gasteiger partial charge in [0, 0.05) is 12.1 Å². The number of carbonyl (C=O) groups is 1. The van der Waals surface area contributed by atoms with E-state index in [4.69, 9.17) is 15.9 Å². The summed E-state index contributed by atoms with van der Waals surface area (Å²) in [4.78, 5) is 13.5.